The van der Waals surface area contributed by atoms with Crippen molar-refractivity contribution in [3.8, 4) is 5.75 Å². The van der Waals surface area contributed by atoms with Gasteiger partial charge >= 0.3 is 5.91 Å². The molecule has 1 aliphatic rings. The van der Waals surface area contributed by atoms with Crippen molar-refractivity contribution in [2.24, 2.45) is 0 Å². The maximum Gasteiger partial charge on any atom is 0.301 e. The molecule has 182 valence electrons. The number of carbonyl (C=O) groups excluding carboxylic acids is 2. The van der Waals surface area contributed by atoms with E-state index in [-0.39, 0.29) is 17.4 Å². The molecule has 0 aliphatic carbocycles. The van der Waals surface area contributed by atoms with Gasteiger partial charge in [0, 0.05) is 23.0 Å². The summed E-state index contributed by atoms with van der Waals surface area (Å²) in [5.41, 5.74) is 2.45. The fourth-order valence-corrected chi connectivity index (χ4v) is 5.37. The van der Waals surface area contributed by atoms with Crippen LogP contribution in [0.3, 0.4) is 0 Å². The molecular formula is C27H22ClN3O4S. The normalized spacial score (nSPS) is 17.4. The molecule has 1 amide bonds. The fraction of sp³-hybridized carbons (Fsp3) is 0.185. The summed E-state index contributed by atoms with van der Waals surface area (Å²) in [5.74, 6) is -1.21. The highest BCUT2D eigenvalue weighted by molar-refractivity contribution is 7.22. The number of pyridine rings is 1. The Labute approximate surface area is 216 Å². The average molecular weight is 520 g/mol. The SMILES string of the molecule is Cc1cc2sc(N3C(=O)C(=O)/C(=C(/O)c4ccc(OC(C)C)cc4)C3c3cccnc3)nc2cc1Cl. The van der Waals surface area contributed by atoms with Crippen LogP contribution in [0.15, 0.2) is 66.5 Å². The molecule has 0 radical (unpaired) electrons. The first kappa shape index (κ1) is 24.0. The zero-order chi connectivity index (χ0) is 25.6. The van der Waals surface area contributed by atoms with E-state index in [2.05, 4.69) is 9.97 Å². The summed E-state index contributed by atoms with van der Waals surface area (Å²) in [6, 6.07) is 13.0. The van der Waals surface area contributed by atoms with Gasteiger partial charge in [0.1, 0.15) is 11.5 Å². The molecule has 1 saturated heterocycles. The van der Waals surface area contributed by atoms with E-state index in [1.165, 1.54) is 16.2 Å². The maximum absolute atomic E-state index is 13.4. The lowest BCUT2D eigenvalue weighted by Gasteiger charge is -2.22. The number of aromatic nitrogens is 2. The Balaban J connectivity index is 1.65. The number of fused-ring (bicyclic) bond motifs is 1. The van der Waals surface area contributed by atoms with E-state index >= 15 is 0 Å². The summed E-state index contributed by atoms with van der Waals surface area (Å²) in [6.07, 6.45) is 3.17. The molecule has 1 fully saturated rings. The molecule has 7 nitrogen and oxygen atoms in total. The first-order chi connectivity index (χ1) is 17.2. The Hall–Kier alpha value is -3.75. The second kappa shape index (κ2) is 9.37. The number of anilines is 1. The lowest BCUT2D eigenvalue weighted by Crippen LogP contribution is -2.29. The molecule has 1 atom stereocenters. The summed E-state index contributed by atoms with van der Waals surface area (Å²) in [5, 5.41) is 12.2. The average Bonchev–Trinajstić information content (AvgIpc) is 3.37. The van der Waals surface area contributed by atoms with Crippen LogP contribution in [0.5, 0.6) is 5.75 Å². The number of aliphatic hydroxyl groups is 1. The zero-order valence-electron chi connectivity index (χ0n) is 19.7. The summed E-state index contributed by atoms with van der Waals surface area (Å²) in [4.78, 5) is 36.8. The highest BCUT2D eigenvalue weighted by atomic mass is 35.5. The van der Waals surface area contributed by atoms with E-state index < -0.39 is 17.7 Å². The largest absolute Gasteiger partial charge is 0.507 e. The van der Waals surface area contributed by atoms with Crippen LogP contribution >= 0.6 is 22.9 Å². The number of nitrogens with zero attached hydrogens (tertiary/aromatic N) is 3. The van der Waals surface area contributed by atoms with Gasteiger partial charge in [0.15, 0.2) is 5.13 Å². The third kappa shape index (κ3) is 4.23. The van der Waals surface area contributed by atoms with Crippen LogP contribution < -0.4 is 9.64 Å². The molecule has 36 heavy (non-hydrogen) atoms. The molecule has 0 bridgehead atoms. The third-order valence-electron chi connectivity index (χ3n) is 5.81. The number of ether oxygens (including phenoxy) is 1. The molecule has 4 aromatic rings. The molecule has 2 aromatic carbocycles. The Morgan fingerprint density at radius 3 is 2.58 bits per heavy atom. The quantitative estimate of drug-likeness (QED) is 0.195. The van der Waals surface area contributed by atoms with E-state index in [1.54, 1.807) is 54.9 Å². The van der Waals surface area contributed by atoms with Crippen LogP contribution in [0.1, 0.15) is 36.6 Å². The molecule has 1 unspecified atom stereocenters. The van der Waals surface area contributed by atoms with Crippen LogP contribution in [0, 0.1) is 6.92 Å². The summed E-state index contributed by atoms with van der Waals surface area (Å²) >= 11 is 7.56. The number of aliphatic hydroxyl groups excluding tert-OH is 1. The van der Waals surface area contributed by atoms with Crippen molar-refractivity contribution in [1.29, 1.82) is 0 Å². The van der Waals surface area contributed by atoms with Gasteiger partial charge in [-0.1, -0.05) is 29.0 Å². The minimum Gasteiger partial charge on any atom is -0.507 e. The topological polar surface area (TPSA) is 92.6 Å². The van der Waals surface area contributed by atoms with Gasteiger partial charge in [0.2, 0.25) is 0 Å². The van der Waals surface area contributed by atoms with Crippen molar-refractivity contribution < 1.29 is 19.4 Å². The van der Waals surface area contributed by atoms with Crippen molar-refractivity contribution in [3.63, 3.8) is 0 Å². The predicted molar refractivity (Wildman–Crippen MR) is 141 cm³/mol. The second-order valence-electron chi connectivity index (χ2n) is 8.71. The molecule has 5 rings (SSSR count). The number of thiazole rings is 1. The standard InChI is InChI=1S/C27H22ClN3O4S/c1-14(2)35-18-8-6-16(7-9-18)24(32)22-23(17-5-4-10-29-13-17)31(26(34)25(22)33)27-30-20-12-19(28)15(3)11-21(20)36-27/h4-14,23,32H,1-3H3/b24-22+. The second-order valence-corrected chi connectivity index (χ2v) is 10.1. The highest BCUT2D eigenvalue weighted by Gasteiger charge is 2.48. The van der Waals surface area contributed by atoms with Crippen LogP contribution in [-0.4, -0.2) is 32.9 Å². The number of ketones is 1. The van der Waals surface area contributed by atoms with Gasteiger partial charge < -0.3 is 9.84 Å². The van der Waals surface area contributed by atoms with E-state index in [9.17, 15) is 14.7 Å². The summed E-state index contributed by atoms with van der Waals surface area (Å²) in [6.45, 7) is 5.72. The van der Waals surface area contributed by atoms with Crippen molar-refractivity contribution in [2.75, 3.05) is 4.90 Å². The van der Waals surface area contributed by atoms with Gasteiger partial charge in [0.05, 0.1) is 27.9 Å². The minimum atomic E-state index is -0.901. The molecule has 9 heteroatoms. The fourth-order valence-electron chi connectivity index (χ4n) is 4.14. The van der Waals surface area contributed by atoms with Gasteiger partial charge in [-0.3, -0.25) is 19.5 Å². The van der Waals surface area contributed by atoms with Crippen molar-refractivity contribution in [3.05, 3.63) is 88.2 Å². The number of hydrogen-bond acceptors (Lipinski definition) is 7. The number of hydrogen-bond donors (Lipinski definition) is 1. The molecule has 1 N–H and O–H groups in total. The van der Waals surface area contributed by atoms with Crippen molar-refractivity contribution in [1.82, 2.24) is 9.97 Å². The monoisotopic (exact) mass is 519 g/mol. The zero-order valence-corrected chi connectivity index (χ0v) is 21.3. The third-order valence-corrected chi connectivity index (χ3v) is 7.23. The Kier molecular flexibility index (Phi) is 6.24. The number of carbonyl (C=O) groups is 2. The number of halogens is 1. The van der Waals surface area contributed by atoms with Crippen molar-refractivity contribution in [2.45, 2.75) is 32.9 Å². The summed E-state index contributed by atoms with van der Waals surface area (Å²) < 4.78 is 6.50. The number of rotatable bonds is 5. The smallest absolute Gasteiger partial charge is 0.301 e. The van der Waals surface area contributed by atoms with E-state index in [0.29, 0.717) is 32.5 Å². The first-order valence-corrected chi connectivity index (χ1v) is 12.5. The van der Waals surface area contributed by atoms with Crippen molar-refractivity contribution >= 4 is 55.7 Å². The van der Waals surface area contributed by atoms with Crippen LogP contribution in [0.2, 0.25) is 5.02 Å². The van der Waals surface area contributed by atoms with Crippen LogP contribution in [0.4, 0.5) is 5.13 Å². The van der Waals surface area contributed by atoms with Gasteiger partial charge in [-0.2, -0.15) is 0 Å². The lowest BCUT2D eigenvalue weighted by molar-refractivity contribution is -0.132. The van der Waals surface area contributed by atoms with E-state index in [0.717, 1.165) is 10.3 Å². The Bertz CT molecular complexity index is 1470. The lowest BCUT2D eigenvalue weighted by atomic mass is 9.96. The Morgan fingerprint density at radius 2 is 1.92 bits per heavy atom. The molecule has 0 spiro atoms. The number of Topliss-reactive ketones (excluding diaryl/α,β-unsaturated/α-hetero) is 1. The van der Waals surface area contributed by atoms with Gasteiger partial charge in [-0.15, -0.1) is 0 Å². The van der Waals surface area contributed by atoms with E-state index in [4.69, 9.17) is 16.3 Å². The molecular weight excluding hydrogens is 498 g/mol. The summed E-state index contributed by atoms with van der Waals surface area (Å²) in [7, 11) is 0. The molecule has 0 saturated carbocycles. The maximum atomic E-state index is 13.4. The predicted octanol–water partition coefficient (Wildman–Crippen LogP) is 6.07. The molecule has 2 aromatic heterocycles. The Morgan fingerprint density at radius 1 is 1.17 bits per heavy atom. The minimum absolute atomic E-state index is 0.00664. The van der Waals surface area contributed by atoms with Gasteiger partial charge in [-0.05, 0) is 74.4 Å². The number of amides is 1. The molecule has 1 aliphatic heterocycles. The van der Waals surface area contributed by atoms with Gasteiger partial charge in [0.25, 0.3) is 5.78 Å². The number of benzene rings is 2. The first-order valence-electron chi connectivity index (χ1n) is 11.3. The van der Waals surface area contributed by atoms with Gasteiger partial charge in [-0.25, -0.2) is 4.98 Å². The highest BCUT2D eigenvalue weighted by Crippen LogP contribution is 2.44. The van der Waals surface area contributed by atoms with E-state index in [1.807, 2.05) is 26.8 Å². The van der Waals surface area contributed by atoms with Crippen LogP contribution in [-0.2, 0) is 9.59 Å². The number of aryl methyl sites for hydroxylation is 1. The van der Waals surface area contributed by atoms with Crippen LogP contribution in [0.25, 0.3) is 16.0 Å². The molecule has 3 heterocycles.